The molecular weight excluding hydrogens is 254 g/mol. The zero-order valence-corrected chi connectivity index (χ0v) is 10.2. The Hall–Kier alpha value is -0.380. The van der Waals surface area contributed by atoms with Crippen LogP contribution in [0.3, 0.4) is 0 Å². The number of benzene rings is 1. The number of halogens is 1. The maximum Gasteiger partial charge on any atom is 0.0460 e. The monoisotopic (exact) mass is 269 g/mol. The molecule has 0 aromatic heterocycles. The average Bonchev–Trinajstić information content (AvgIpc) is 2.29. The predicted molar refractivity (Wildman–Crippen MR) is 64.7 cm³/mol. The van der Waals surface area contributed by atoms with E-state index >= 15 is 0 Å². The van der Waals surface area contributed by atoms with E-state index in [1.807, 2.05) is 6.07 Å². The second-order valence-electron chi connectivity index (χ2n) is 4.13. The molecule has 1 aliphatic heterocycles. The summed E-state index contributed by atoms with van der Waals surface area (Å²) in [5, 5.41) is 12.7. The zero-order chi connectivity index (χ0) is 10.7. The minimum atomic E-state index is 0.312. The highest BCUT2D eigenvalue weighted by Crippen LogP contribution is 2.28. The van der Waals surface area contributed by atoms with E-state index in [1.54, 1.807) is 0 Å². The van der Waals surface area contributed by atoms with Crippen molar-refractivity contribution >= 4 is 15.9 Å². The number of piperidine rings is 1. The third-order valence-corrected chi connectivity index (χ3v) is 3.51. The summed E-state index contributed by atoms with van der Waals surface area (Å²) in [6.07, 6.45) is 2.12. The Morgan fingerprint density at radius 2 is 2.33 bits per heavy atom. The SMILES string of the molecule is OCC1CCNC(c2cccc(Br)c2)C1. The van der Waals surface area contributed by atoms with E-state index in [9.17, 15) is 5.11 Å². The number of aliphatic hydroxyl groups excluding tert-OH is 1. The van der Waals surface area contributed by atoms with Crippen LogP contribution in [0.5, 0.6) is 0 Å². The van der Waals surface area contributed by atoms with E-state index in [0.717, 1.165) is 23.9 Å². The third-order valence-electron chi connectivity index (χ3n) is 3.02. The van der Waals surface area contributed by atoms with Gasteiger partial charge in [0, 0.05) is 17.1 Å². The molecule has 0 radical (unpaired) electrons. The van der Waals surface area contributed by atoms with E-state index in [-0.39, 0.29) is 0 Å². The fraction of sp³-hybridized carbons (Fsp3) is 0.500. The Labute approximate surface area is 98.8 Å². The lowest BCUT2D eigenvalue weighted by Gasteiger charge is -2.29. The second-order valence-corrected chi connectivity index (χ2v) is 5.05. The van der Waals surface area contributed by atoms with Crippen molar-refractivity contribution in [2.24, 2.45) is 5.92 Å². The van der Waals surface area contributed by atoms with Crippen molar-refractivity contribution in [3.63, 3.8) is 0 Å². The normalized spacial score (nSPS) is 26.5. The van der Waals surface area contributed by atoms with Gasteiger partial charge in [-0.2, -0.15) is 0 Å². The molecule has 1 aromatic carbocycles. The first kappa shape index (κ1) is 11.1. The topological polar surface area (TPSA) is 32.3 Å². The minimum absolute atomic E-state index is 0.312. The Bertz CT molecular complexity index is 329. The predicted octanol–water partition coefficient (Wildman–Crippen LogP) is 2.48. The molecule has 0 saturated carbocycles. The Balaban J connectivity index is 2.09. The fourth-order valence-electron chi connectivity index (χ4n) is 2.14. The smallest absolute Gasteiger partial charge is 0.0460 e. The van der Waals surface area contributed by atoms with Crippen LogP contribution in [-0.2, 0) is 0 Å². The van der Waals surface area contributed by atoms with Gasteiger partial charge in [0.05, 0.1) is 0 Å². The molecular formula is C12H16BrNO. The molecule has 1 fully saturated rings. The zero-order valence-electron chi connectivity index (χ0n) is 8.62. The van der Waals surface area contributed by atoms with Crippen molar-refractivity contribution in [3.8, 4) is 0 Å². The van der Waals surface area contributed by atoms with Crippen LogP contribution >= 0.6 is 15.9 Å². The maximum atomic E-state index is 9.17. The van der Waals surface area contributed by atoms with Gasteiger partial charge in [-0.1, -0.05) is 28.1 Å². The van der Waals surface area contributed by atoms with Crippen molar-refractivity contribution < 1.29 is 5.11 Å². The molecule has 0 spiro atoms. The van der Waals surface area contributed by atoms with Crippen molar-refractivity contribution in [1.29, 1.82) is 0 Å². The molecule has 2 atom stereocenters. The summed E-state index contributed by atoms with van der Waals surface area (Å²) in [5.74, 6) is 0.454. The highest BCUT2D eigenvalue weighted by molar-refractivity contribution is 9.10. The first-order chi connectivity index (χ1) is 7.29. The Morgan fingerprint density at radius 3 is 3.07 bits per heavy atom. The molecule has 1 saturated heterocycles. The summed E-state index contributed by atoms with van der Waals surface area (Å²) in [4.78, 5) is 0. The molecule has 2 rings (SSSR count). The summed E-state index contributed by atoms with van der Waals surface area (Å²) in [5.41, 5.74) is 1.31. The lowest BCUT2D eigenvalue weighted by molar-refractivity contribution is 0.176. The molecule has 1 aliphatic rings. The van der Waals surface area contributed by atoms with Gasteiger partial charge in [0.2, 0.25) is 0 Å². The van der Waals surface area contributed by atoms with E-state index < -0.39 is 0 Å². The van der Waals surface area contributed by atoms with Gasteiger partial charge in [-0.25, -0.2) is 0 Å². The van der Waals surface area contributed by atoms with Gasteiger partial charge in [-0.05, 0) is 43.0 Å². The van der Waals surface area contributed by atoms with Crippen LogP contribution < -0.4 is 5.32 Å². The second kappa shape index (κ2) is 5.10. The first-order valence-electron chi connectivity index (χ1n) is 5.39. The quantitative estimate of drug-likeness (QED) is 0.865. The highest BCUT2D eigenvalue weighted by atomic mass is 79.9. The van der Waals surface area contributed by atoms with E-state index in [0.29, 0.717) is 18.6 Å². The average molecular weight is 270 g/mol. The van der Waals surface area contributed by atoms with Crippen LogP contribution in [0.1, 0.15) is 24.4 Å². The molecule has 82 valence electrons. The highest BCUT2D eigenvalue weighted by Gasteiger charge is 2.21. The van der Waals surface area contributed by atoms with Gasteiger partial charge in [0.1, 0.15) is 0 Å². The molecule has 2 N–H and O–H groups in total. The maximum absolute atomic E-state index is 9.17. The number of hydrogen-bond donors (Lipinski definition) is 2. The molecule has 15 heavy (non-hydrogen) atoms. The summed E-state index contributed by atoms with van der Waals surface area (Å²) >= 11 is 3.48. The van der Waals surface area contributed by atoms with Gasteiger partial charge in [0.15, 0.2) is 0 Å². The lowest BCUT2D eigenvalue weighted by atomic mass is 9.89. The molecule has 0 aliphatic carbocycles. The summed E-state index contributed by atoms with van der Waals surface area (Å²) in [6.45, 7) is 1.31. The van der Waals surface area contributed by atoms with Gasteiger partial charge >= 0.3 is 0 Å². The van der Waals surface area contributed by atoms with Crippen LogP contribution in [0.2, 0.25) is 0 Å². The van der Waals surface area contributed by atoms with Crippen LogP contribution in [0, 0.1) is 5.92 Å². The van der Waals surface area contributed by atoms with Crippen LogP contribution in [0.4, 0.5) is 0 Å². The minimum Gasteiger partial charge on any atom is -0.396 e. The summed E-state index contributed by atoms with van der Waals surface area (Å²) in [6, 6.07) is 8.78. The van der Waals surface area contributed by atoms with E-state index in [1.165, 1.54) is 5.56 Å². The largest absolute Gasteiger partial charge is 0.396 e. The van der Waals surface area contributed by atoms with Gasteiger partial charge < -0.3 is 10.4 Å². The van der Waals surface area contributed by atoms with E-state index in [4.69, 9.17) is 0 Å². The van der Waals surface area contributed by atoms with E-state index in [2.05, 4.69) is 39.4 Å². The summed E-state index contributed by atoms with van der Waals surface area (Å²) < 4.78 is 1.12. The number of aliphatic hydroxyl groups is 1. The van der Waals surface area contributed by atoms with Crippen molar-refractivity contribution in [1.82, 2.24) is 5.32 Å². The summed E-state index contributed by atoms with van der Waals surface area (Å²) in [7, 11) is 0. The van der Waals surface area contributed by atoms with Crippen LogP contribution in [-0.4, -0.2) is 18.3 Å². The first-order valence-corrected chi connectivity index (χ1v) is 6.18. The molecule has 0 bridgehead atoms. The van der Waals surface area contributed by atoms with Crippen molar-refractivity contribution in [2.45, 2.75) is 18.9 Å². The fourth-order valence-corrected chi connectivity index (χ4v) is 2.56. The van der Waals surface area contributed by atoms with Crippen molar-refractivity contribution in [2.75, 3.05) is 13.2 Å². The molecule has 1 aromatic rings. The van der Waals surface area contributed by atoms with Crippen LogP contribution in [0.25, 0.3) is 0 Å². The molecule has 0 amide bonds. The van der Waals surface area contributed by atoms with Gasteiger partial charge in [-0.3, -0.25) is 0 Å². The molecule has 3 heteroatoms. The van der Waals surface area contributed by atoms with Gasteiger partial charge in [0.25, 0.3) is 0 Å². The lowest BCUT2D eigenvalue weighted by Crippen LogP contribution is -2.33. The number of rotatable bonds is 2. The molecule has 2 unspecified atom stereocenters. The van der Waals surface area contributed by atoms with Crippen LogP contribution in [0.15, 0.2) is 28.7 Å². The Morgan fingerprint density at radius 1 is 1.47 bits per heavy atom. The molecule has 2 nitrogen and oxygen atoms in total. The standard InChI is InChI=1S/C12H16BrNO/c13-11-3-1-2-10(7-11)12-6-9(8-15)4-5-14-12/h1-3,7,9,12,14-15H,4-6,8H2. The van der Waals surface area contributed by atoms with Crippen molar-refractivity contribution in [3.05, 3.63) is 34.3 Å². The number of nitrogens with one attached hydrogen (secondary N) is 1. The number of hydrogen-bond acceptors (Lipinski definition) is 2. The third kappa shape index (κ3) is 2.80. The Kier molecular flexibility index (Phi) is 3.78. The molecule has 1 heterocycles. The van der Waals surface area contributed by atoms with Gasteiger partial charge in [-0.15, -0.1) is 0 Å².